The molecule has 0 aliphatic carbocycles. The Morgan fingerprint density at radius 2 is 1.96 bits per heavy atom. The molecule has 0 fully saturated rings. The number of carboxylic acids is 1. The van der Waals surface area contributed by atoms with Gasteiger partial charge in [-0.15, -0.1) is 0 Å². The third kappa shape index (κ3) is 3.30. The van der Waals surface area contributed by atoms with Gasteiger partial charge in [0.15, 0.2) is 0 Å². The summed E-state index contributed by atoms with van der Waals surface area (Å²) in [6.45, 7) is 3.78. The van der Waals surface area contributed by atoms with Crippen LogP contribution in [0.5, 0.6) is 0 Å². The molecule has 3 rings (SSSR count). The Labute approximate surface area is 170 Å². The molecule has 0 bridgehead atoms. The van der Waals surface area contributed by atoms with Gasteiger partial charge < -0.3 is 9.67 Å². The highest BCUT2D eigenvalue weighted by Crippen LogP contribution is 2.33. The summed E-state index contributed by atoms with van der Waals surface area (Å²) in [5.74, 6) is -2.26. The van der Waals surface area contributed by atoms with Gasteiger partial charge in [0.05, 0.1) is 21.3 Å². The predicted molar refractivity (Wildman–Crippen MR) is 107 cm³/mol. The number of rotatable bonds is 4. The molecule has 8 heteroatoms. The molecule has 3 aromatic rings. The Kier molecular flexibility index (Phi) is 5.54. The molecule has 0 saturated carbocycles. The van der Waals surface area contributed by atoms with Gasteiger partial charge >= 0.3 is 5.97 Å². The lowest BCUT2D eigenvalue weighted by Crippen LogP contribution is -2.25. The zero-order valence-corrected chi connectivity index (χ0v) is 16.5. The Bertz CT molecular complexity index is 1160. The zero-order chi connectivity index (χ0) is 20.6. The highest BCUT2D eigenvalue weighted by Gasteiger charge is 2.27. The highest BCUT2D eigenvalue weighted by atomic mass is 35.5. The van der Waals surface area contributed by atoms with Gasteiger partial charge in [-0.1, -0.05) is 29.3 Å². The first kappa shape index (κ1) is 20.0. The van der Waals surface area contributed by atoms with Crippen molar-refractivity contribution in [3.63, 3.8) is 0 Å². The summed E-state index contributed by atoms with van der Waals surface area (Å²) in [4.78, 5) is 28.8. The number of hydrogen-bond acceptors (Lipinski definition) is 3. The standard InChI is InChI=1S/C20H15Cl2FN2O3/c1-3-25-10(2)15(12-5-4-8-24-19(12)23)18(26)16(20(27)28)17(25)11-6-7-13(21)14(22)9-11/h4-9H,3H2,1-2H3,(H,27,28). The number of carboxylic acid groups (broad SMARTS) is 1. The normalized spacial score (nSPS) is 10.9. The van der Waals surface area contributed by atoms with Crippen molar-refractivity contribution >= 4 is 29.2 Å². The van der Waals surface area contributed by atoms with E-state index in [2.05, 4.69) is 4.98 Å². The fourth-order valence-electron chi connectivity index (χ4n) is 3.26. The Hall–Kier alpha value is -2.70. The minimum atomic E-state index is -1.42. The molecule has 2 aromatic heterocycles. The molecule has 0 aliphatic heterocycles. The fourth-order valence-corrected chi connectivity index (χ4v) is 3.56. The largest absolute Gasteiger partial charge is 0.477 e. The van der Waals surface area contributed by atoms with E-state index >= 15 is 0 Å². The predicted octanol–water partition coefficient (Wildman–Crippen LogP) is 5.05. The second-order valence-corrected chi connectivity index (χ2v) is 6.85. The number of aromatic nitrogens is 2. The maximum absolute atomic E-state index is 14.3. The first-order valence-corrected chi connectivity index (χ1v) is 9.10. The van der Waals surface area contributed by atoms with E-state index in [1.165, 1.54) is 30.5 Å². The van der Waals surface area contributed by atoms with E-state index in [0.717, 1.165) is 0 Å². The van der Waals surface area contributed by atoms with Crippen molar-refractivity contribution in [2.24, 2.45) is 0 Å². The first-order valence-electron chi connectivity index (χ1n) is 8.34. The summed E-state index contributed by atoms with van der Waals surface area (Å²) in [5.41, 5.74) is -0.308. The second-order valence-electron chi connectivity index (χ2n) is 6.03. The van der Waals surface area contributed by atoms with E-state index in [-0.39, 0.29) is 21.8 Å². The molecule has 0 amide bonds. The van der Waals surface area contributed by atoms with Crippen molar-refractivity contribution in [3.05, 3.63) is 74.0 Å². The van der Waals surface area contributed by atoms with Crippen LogP contribution in [0.15, 0.2) is 41.3 Å². The lowest BCUT2D eigenvalue weighted by molar-refractivity contribution is 0.0695. The maximum Gasteiger partial charge on any atom is 0.341 e. The lowest BCUT2D eigenvalue weighted by Gasteiger charge is -2.21. The highest BCUT2D eigenvalue weighted by molar-refractivity contribution is 6.42. The van der Waals surface area contributed by atoms with Gasteiger partial charge in [-0.3, -0.25) is 4.79 Å². The quantitative estimate of drug-likeness (QED) is 0.599. The molecular formula is C20H15Cl2FN2O3. The van der Waals surface area contributed by atoms with E-state index in [9.17, 15) is 19.1 Å². The number of halogens is 3. The molecule has 0 unspecified atom stereocenters. The van der Waals surface area contributed by atoms with Crippen LogP contribution in [-0.4, -0.2) is 20.6 Å². The van der Waals surface area contributed by atoms with Crippen molar-refractivity contribution in [1.29, 1.82) is 0 Å². The molecule has 2 heterocycles. The van der Waals surface area contributed by atoms with Gasteiger partial charge in [0.2, 0.25) is 11.4 Å². The van der Waals surface area contributed by atoms with E-state index in [1.54, 1.807) is 24.5 Å². The van der Waals surface area contributed by atoms with Gasteiger partial charge in [-0.25, -0.2) is 9.78 Å². The van der Waals surface area contributed by atoms with Crippen molar-refractivity contribution < 1.29 is 14.3 Å². The Morgan fingerprint density at radius 3 is 2.54 bits per heavy atom. The van der Waals surface area contributed by atoms with Crippen molar-refractivity contribution in [1.82, 2.24) is 9.55 Å². The summed E-state index contributed by atoms with van der Waals surface area (Å²) in [6, 6.07) is 7.50. The number of carbonyl (C=O) groups is 1. The Balaban J connectivity index is 2.49. The minimum Gasteiger partial charge on any atom is -0.477 e. The van der Waals surface area contributed by atoms with Crippen LogP contribution in [0.25, 0.3) is 22.4 Å². The van der Waals surface area contributed by atoms with Gasteiger partial charge in [-0.05, 0) is 38.1 Å². The fraction of sp³-hybridized carbons (Fsp3) is 0.150. The van der Waals surface area contributed by atoms with Gasteiger partial charge in [0.1, 0.15) is 5.56 Å². The second kappa shape index (κ2) is 7.73. The van der Waals surface area contributed by atoms with Crippen molar-refractivity contribution in [3.8, 4) is 22.4 Å². The third-order valence-corrected chi connectivity index (χ3v) is 5.22. The molecule has 0 atom stereocenters. The molecule has 0 spiro atoms. The van der Waals surface area contributed by atoms with Crippen molar-refractivity contribution in [2.45, 2.75) is 20.4 Å². The Morgan fingerprint density at radius 1 is 1.25 bits per heavy atom. The third-order valence-electron chi connectivity index (χ3n) is 4.48. The summed E-state index contributed by atoms with van der Waals surface area (Å²) in [6.07, 6.45) is 1.26. The van der Waals surface area contributed by atoms with Crippen LogP contribution < -0.4 is 5.43 Å². The minimum absolute atomic E-state index is 0.0336. The summed E-state index contributed by atoms with van der Waals surface area (Å²) in [5, 5.41) is 10.3. The topological polar surface area (TPSA) is 72.2 Å². The number of pyridine rings is 2. The van der Waals surface area contributed by atoms with Crippen LogP contribution in [0.2, 0.25) is 10.0 Å². The van der Waals surface area contributed by atoms with Crippen LogP contribution >= 0.6 is 23.2 Å². The molecular weight excluding hydrogens is 406 g/mol. The summed E-state index contributed by atoms with van der Waals surface area (Å²) in [7, 11) is 0. The van der Waals surface area contributed by atoms with Crippen molar-refractivity contribution in [2.75, 3.05) is 0 Å². The molecule has 0 radical (unpaired) electrons. The number of aromatic carboxylic acids is 1. The van der Waals surface area contributed by atoms with Crippen LogP contribution in [0.4, 0.5) is 4.39 Å². The van der Waals surface area contributed by atoms with E-state index in [1.807, 2.05) is 0 Å². The molecule has 144 valence electrons. The monoisotopic (exact) mass is 420 g/mol. The zero-order valence-electron chi connectivity index (χ0n) is 15.0. The van der Waals surface area contributed by atoms with Crippen LogP contribution in [0.1, 0.15) is 23.0 Å². The van der Waals surface area contributed by atoms with Gasteiger partial charge in [0.25, 0.3) is 0 Å². The molecule has 28 heavy (non-hydrogen) atoms. The van der Waals surface area contributed by atoms with Crippen LogP contribution in [0, 0.1) is 12.9 Å². The molecule has 5 nitrogen and oxygen atoms in total. The average molecular weight is 421 g/mol. The number of hydrogen-bond donors (Lipinski definition) is 1. The average Bonchev–Trinajstić information content (AvgIpc) is 2.64. The number of nitrogens with zero attached hydrogens (tertiary/aromatic N) is 2. The molecule has 1 N–H and O–H groups in total. The lowest BCUT2D eigenvalue weighted by atomic mass is 9.97. The van der Waals surface area contributed by atoms with E-state index < -0.39 is 22.9 Å². The SMILES string of the molecule is CCn1c(C)c(-c2cccnc2F)c(=O)c(C(=O)O)c1-c1ccc(Cl)c(Cl)c1. The van der Waals surface area contributed by atoms with Crippen LogP contribution in [0.3, 0.4) is 0 Å². The first-order chi connectivity index (χ1) is 13.3. The number of benzene rings is 1. The van der Waals surface area contributed by atoms with Gasteiger partial charge in [-0.2, -0.15) is 4.39 Å². The molecule has 0 aliphatic rings. The van der Waals surface area contributed by atoms with E-state index in [4.69, 9.17) is 23.2 Å². The molecule has 0 saturated heterocycles. The van der Waals surface area contributed by atoms with Crippen LogP contribution in [-0.2, 0) is 6.54 Å². The summed E-state index contributed by atoms with van der Waals surface area (Å²) < 4.78 is 15.9. The maximum atomic E-state index is 14.3. The smallest absolute Gasteiger partial charge is 0.341 e. The van der Waals surface area contributed by atoms with E-state index in [0.29, 0.717) is 22.8 Å². The van der Waals surface area contributed by atoms with Gasteiger partial charge in [0, 0.05) is 29.6 Å². The molecule has 1 aromatic carbocycles. The summed E-state index contributed by atoms with van der Waals surface area (Å²) >= 11 is 12.1.